The highest BCUT2D eigenvalue weighted by Crippen LogP contribution is 2.26. The van der Waals surface area contributed by atoms with Gasteiger partial charge >= 0.3 is 0 Å². The SMILES string of the molecule is Nc1nc2nn(-c3ccc([N+](=O)[O-])cc3)nc2c2ccccc12. The number of aromatic nitrogens is 4. The number of nitrogen functional groups attached to an aromatic ring is 1. The molecule has 8 heteroatoms. The van der Waals surface area contributed by atoms with Gasteiger partial charge in [0.15, 0.2) is 0 Å². The van der Waals surface area contributed by atoms with E-state index in [2.05, 4.69) is 15.2 Å². The zero-order valence-electron chi connectivity index (χ0n) is 11.7. The number of nitro groups is 1. The molecule has 4 rings (SSSR count). The zero-order chi connectivity index (χ0) is 16.0. The molecule has 0 saturated carbocycles. The minimum absolute atomic E-state index is 0.0123. The van der Waals surface area contributed by atoms with Crippen molar-refractivity contribution in [3.8, 4) is 5.69 Å². The first kappa shape index (κ1) is 13.1. The molecule has 0 atom stereocenters. The van der Waals surface area contributed by atoms with E-state index in [9.17, 15) is 10.1 Å². The molecule has 0 aliphatic rings. The van der Waals surface area contributed by atoms with E-state index in [1.165, 1.54) is 16.9 Å². The number of pyridine rings is 1. The van der Waals surface area contributed by atoms with Crippen molar-refractivity contribution in [2.75, 3.05) is 5.73 Å². The monoisotopic (exact) mass is 306 g/mol. The topological polar surface area (TPSA) is 113 Å². The molecule has 0 radical (unpaired) electrons. The summed E-state index contributed by atoms with van der Waals surface area (Å²) in [7, 11) is 0. The summed E-state index contributed by atoms with van der Waals surface area (Å²) in [5.74, 6) is 0.392. The summed E-state index contributed by atoms with van der Waals surface area (Å²) >= 11 is 0. The van der Waals surface area contributed by atoms with Crippen LogP contribution in [0.15, 0.2) is 48.5 Å². The van der Waals surface area contributed by atoms with E-state index < -0.39 is 4.92 Å². The van der Waals surface area contributed by atoms with E-state index in [-0.39, 0.29) is 5.69 Å². The first-order chi connectivity index (χ1) is 11.1. The molecule has 112 valence electrons. The Balaban J connectivity index is 1.92. The van der Waals surface area contributed by atoms with E-state index in [4.69, 9.17) is 5.73 Å². The largest absolute Gasteiger partial charge is 0.383 e. The maximum Gasteiger partial charge on any atom is 0.269 e. The van der Waals surface area contributed by atoms with Crippen LogP contribution < -0.4 is 5.73 Å². The molecular formula is C15H10N6O2. The second-order valence-corrected chi connectivity index (χ2v) is 4.98. The van der Waals surface area contributed by atoms with Gasteiger partial charge in [-0.15, -0.1) is 15.0 Å². The van der Waals surface area contributed by atoms with Crippen LogP contribution in [0.1, 0.15) is 0 Å². The molecule has 2 N–H and O–H groups in total. The van der Waals surface area contributed by atoms with Crippen LogP contribution in [-0.2, 0) is 0 Å². The summed E-state index contributed by atoms with van der Waals surface area (Å²) in [6.07, 6.45) is 0. The average molecular weight is 306 g/mol. The third-order valence-electron chi connectivity index (χ3n) is 3.57. The van der Waals surface area contributed by atoms with Crippen molar-refractivity contribution in [2.45, 2.75) is 0 Å². The summed E-state index contributed by atoms with van der Waals surface area (Å²) in [6, 6.07) is 13.5. The highest BCUT2D eigenvalue weighted by Gasteiger charge is 2.13. The lowest BCUT2D eigenvalue weighted by atomic mass is 10.1. The van der Waals surface area contributed by atoms with Crippen LogP contribution in [0.2, 0.25) is 0 Å². The second kappa shape index (κ2) is 4.73. The molecule has 8 nitrogen and oxygen atoms in total. The number of hydrogen-bond donors (Lipinski definition) is 1. The van der Waals surface area contributed by atoms with Crippen LogP contribution in [0.3, 0.4) is 0 Å². The normalized spacial score (nSPS) is 11.1. The van der Waals surface area contributed by atoms with Crippen LogP contribution in [-0.4, -0.2) is 24.9 Å². The molecule has 0 aliphatic carbocycles. The second-order valence-electron chi connectivity index (χ2n) is 4.98. The molecule has 0 saturated heterocycles. The first-order valence-corrected chi connectivity index (χ1v) is 6.79. The number of fused-ring (bicyclic) bond motifs is 3. The van der Waals surface area contributed by atoms with Crippen LogP contribution >= 0.6 is 0 Å². The molecule has 0 spiro atoms. The summed E-state index contributed by atoms with van der Waals surface area (Å²) in [5.41, 5.74) is 7.64. The smallest absolute Gasteiger partial charge is 0.269 e. The molecule has 0 unspecified atom stereocenters. The Morgan fingerprint density at radius 3 is 2.39 bits per heavy atom. The van der Waals surface area contributed by atoms with Gasteiger partial charge in [0, 0.05) is 22.9 Å². The predicted octanol–water partition coefficient (Wildman–Crippen LogP) is 2.46. The number of non-ortho nitro benzene ring substituents is 1. The Labute approximate surface area is 129 Å². The lowest BCUT2D eigenvalue weighted by Crippen LogP contribution is -1.98. The summed E-state index contributed by atoms with van der Waals surface area (Å²) in [4.78, 5) is 15.9. The van der Waals surface area contributed by atoms with E-state index in [0.717, 1.165) is 10.8 Å². The Morgan fingerprint density at radius 2 is 1.70 bits per heavy atom. The molecule has 23 heavy (non-hydrogen) atoms. The van der Waals surface area contributed by atoms with Crippen LogP contribution in [0, 0.1) is 10.1 Å². The minimum Gasteiger partial charge on any atom is -0.383 e. The van der Waals surface area contributed by atoms with Gasteiger partial charge in [-0.3, -0.25) is 10.1 Å². The van der Waals surface area contributed by atoms with Crippen LogP contribution in [0.25, 0.3) is 27.6 Å². The number of nitrogens with zero attached hydrogens (tertiary/aromatic N) is 5. The number of anilines is 1. The number of nitrogens with two attached hydrogens (primary N) is 1. The quantitative estimate of drug-likeness (QED) is 0.449. The van der Waals surface area contributed by atoms with Gasteiger partial charge in [0.05, 0.1) is 10.6 Å². The van der Waals surface area contributed by atoms with Crippen molar-refractivity contribution in [3.05, 3.63) is 58.6 Å². The van der Waals surface area contributed by atoms with Gasteiger partial charge in [0.2, 0.25) is 5.65 Å². The summed E-state index contributed by atoms with van der Waals surface area (Å²) < 4.78 is 0. The Hall–Kier alpha value is -3.55. The average Bonchev–Trinajstić information content (AvgIpc) is 2.99. The molecule has 2 aromatic carbocycles. The van der Waals surface area contributed by atoms with Crippen molar-refractivity contribution in [3.63, 3.8) is 0 Å². The van der Waals surface area contributed by atoms with E-state index >= 15 is 0 Å². The van der Waals surface area contributed by atoms with Gasteiger partial charge < -0.3 is 5.73 Å². The zero-order valence-corrected chi connectivity index (χ0v) is 11.7. The lowest BCUT2D eigenvalue weighted by Gasteiger charge is -1.99. The van der Waals surface area contributed by atoms with Gasteiger partial charge in [0.1, 0.15) is 11.3 Å². The third-order valence-corrected chi connectivity index (χ3v) is 3.57. The van der Waals surface area contributed by atoms with Crippen molar-refractivity contribution in [1.29, 1.82) is 0 Å². The fourth-order valence-corrected chi connectivity index (χ4v) is 2.46. The highest BCUT2D eigenvalue weighted by atomic mass is 16.6. The standard InChI is InChI=1S/C15H10N6O2/c16-14-12-4-2-1-3-11(12)13-15(17-14)19-20(18-13)9-5-7-10(8-6-9)21(22)23/h1-8H,(H2,16,17,19). The van der Waals surface area contributed by atoms with Gasteiger partial charge in [-0.05, 0) is 12.1 Å². The molecule has 0 aliphatic heterocycles. The molecule has 0 fully saturated rings. The molecule has 0 amide bonds. The minimum atomic E-state index is -0.452. The number of benzene rings is 2. The predicted molar refractivity (Wildman–Crippen MR) is 85.2 cm³/mol. The van der Waals surface area contributed by atoms with Crippen molar-refractivity contribution < 1.29 is 4.92 Å². The van der Waals surface area contributed by atoms with Crippen molar-refractivity contribution in [1.82, 2.24) is 20.0 Å². The van der Waals surface area contributed by atoms with E-state index in [0.29, 0.717) is 22.7 Å². The number of hydrogen-bond acceptors (Lipinski definition) is 6. The summed E-state index contributed by atoms with van der Waals surface area (Å²) in [6.45, 7) is 0. The number of nitro benzene ring substituents is 1. The van der Waals surface area contributed by atoms with E-state index in [1.807, 2.05) is 24.3 Å². The maximum atomic E-state index is 10.7. The van der Waals surface area contributed by atoms with Crippen LogP contribution in [0.5, 0.6) is 0 Å². The molecule has 0 bridgehead atoms. The summed E-state index contributed by atoms with van der Waals surface area (Å²) in [5, 5.41) is 21.2. The van der Waals surface area contributed by atoms with Gasteiger partial charge in [-0.2, -0.15) is 0 Å². The molecule has 4 aromatic rings. The first-order valence-electron chi connectivity index (χ1n) is 6.79. The maximum absolute atomic E-state index is 10.7. The van der Waals surface area contributed by atoms with Crippen molar-refractivity contribution in [2.24, 2.45) is 0 Å². The molecular weight excluding hydrogens is 296 g/mol. The van der Waals surface area contributed by atoms with Gasteiger partial charge in [-0.1, -0.05) is 24.3 Å². The van der Waals surface area contributed by atoms with Gasteiger partial charge in [-0.25, -0.2) is 4.98 Å². The fraction of sp³-hybridized carbons (Fsp3) is 0. The fourth-order valence-electron chi connectivity index (χ4n) is 2.46. The van der Waals surface area contributed by atoms with Crippen molar-refractivity contribution >= 4 is 33.4 Å². The van der Waals surface area contributed by atoms with E-state index in [1.54, 1.807) is 12.1 Å². The highest BCUT2D eigenvalue weighted by molar-refractivity contribution is 6.06. The Morgan fingerprint density at radius 1 is 1.00 bits per heavy atom. The Bertz CT molecular complexity index is 1050. The van der Waals surface area contributed by atoms with Gasteiger partial charge in [0.25, 0.3) is 5.69 Å². The van der Waals surface area contributed by atoms with Crippen LogP contribution in [0.4, 0.5) is 11.5 Å². The lowest BCUT2D eigenvalue weighted by molar-refractivity contribution is -0.384. The Kier molecular flexibility index (Phi) is 2.70. The molecule has 2 heterocycles. The number of rotatable bonds is 2. The third kappa shape index (κ3) is 2.04. The molecule has 2 aromatic heterocycles.